The molecule has 0 spiro atoms. The summed E-state index contributed by atoms with van der Waals surface area (Å²) < 4.78 is 0. The molecule has 118 valence electrons. The van der Waals surface area contributed by atoms with E-state index in [-0.39, 0.29) is 0 Å². The highest BCUT2D eigenvalue weighted by atomic mass is 14.9. The van der Waals surface area contributed by atoms with E-state index in [9.17, 15) is 0 Å². The molecule has 0 aromatic heterocycles. The Bertz CT molecular complexity index is 236. The van der Waals surface area contributed by atoms with Gasteiger partial charge in [-0.15, -0.1) is 0 Å². The molecule has 0 aliphatic heterocycles. The minimum absolute atomic E-state index is 0.845. The lowest BCUT2D eigenvalue weighted by atomic mass is 9.71. The maximum Gasteiger partial charge on any atom is 0.0124 e. The van der Waals surface area contributed by atoms with Gasteiger partial charge in [-0.3, -0.25) is 0 Å². The molecule has 1 nitrogen and oxygen atoms in total. The second-order valence-electron chi connectivity index (χ2n) is 7.45. The van der Waals surface area contributed by atoms with Gasteiger partial charge in [0.1, 0.15) is 0 Å². The molecule has 0 aromatic rings. The molecule has 0 bridgehead atoms. The third kappa shape index (κ3) is 4.76. The molecule has 0 amide bonds. The van der Waals surface area contributed by atoms with Crippen molar-refractivity contribution in [1.29, 1.82) is 0 Å². The summed E-state index contributed by atoms with van der Waals surface area (Å²) in [5.74, 6) is 3.02. The Morgan fingerprint density at radius 1 is 0.800 bits per heavy atom. The highest BCUT2D eigenvalue weighted by Gasteiger charge is 2.32. The topological polar surface area (TPSA) is 12.0 Å². The Labute approximate surface area is 127 Å². The fourth-order valence-corrected chi connectivity index (χ4v) is 4.77. The molecule has 0 heterocycles. The van der Waals surface area contributed by atoms with Crippen molar-refractivity contribution < 1.29 is 0 Å². The van der Waals surface area contributed by atoms with Crippen molar-refractivity contribution in [2.24, 2.45) is 17.8 Å². The molecule has 1 atom stereocenters. The Kier molecular flexibility index (Phi) is 7.41. The van der Waals surface area contributed by atoms with Gasteiger partial charge in [0.25, 0.3) is 0 Å². The van der Waals surface area contributed by atoms with Crippen LogP contribution in [0, 0.1) is 17.8 Å². The Hall–Kier alpha value is -0.0400. The first-order valence-electron chi connectivity index (χ1n) is 9.58. The van der Waals surface area contributed by atoms with Crippen molar-refractivity contribution in [2.45, 2.75) is 96.9 Å². The first-order chi connectivity index (χ1) is 9.85. The Morgan fingerprint density at radius 3 is 2.05 bits per heavy atom. The summed E-state index contributed by atoms with van der Waals surface area (Å²) in [4.78, 5) is 0. The van der Waals surface area contributed by atoms with Crippen LogP contribution in [0.4, 0.5) is 0 Å². The van der Waals surface area contributed by atoms with Gasteiger partial charge in [0.15, 0.2) is 0 Å². The lowest BCUT2D eigenvalue weighted by molar-refractivity contribution is 0.150. The van der Waals surface area contributed by atoms with Crippen LogP contribution in [0.1, 0.15) is 90.9 Å². The SMILES string of the molecule is CCCNC(C1CCCCC1)C1CCC(CCC)CC1. The average Bonchev–Trinajstić information content (AvgIpc) is 2.51. The molecule has 0 radical (unpaired) electrons. The van der Waals surface area contributed by atoms with E-state index >= 15 is 0 Å². The van der Waals surface area contributed by atoms with Crippen molar-refractivity contribution in [3.8, 4) is 0 Å². The summed E-state index contributed by atoms with van der Waals surface area (Å²) in [7, 11) is 0. The van der Waals surface area contributed by atoms with Gasteiger partial charge in [0.2, 0.25) is 0 Å². The van der Waals surface area contributed by atoms with Crippen LogP contribution in [-0.4, -0.2) is 12.6 Å². The van der Waals surface area contributed by atoms with Gasteiger partial charge in [0, 0.05) is 6.04 Å². The molecule has 1 heteroatoms. The second-order valence-corrected chi connectivity index (χ2v) is 7.45. The van der Waals surface area contributed by atoms with Gasteiger partial charge < -0.3 is 5.32 Å². The molecule has 2 fully saturated rings. The predicted octanol–water partition coefficient (Wildman–Crippen LogP) is 5.54. The first-order valence-corrected chi connectivity index (χ1v) is 9.58. The fraction of sp³-hybridized carbons (Fsp3) is 1.00. The highest BCUT2D eigenvalue weighted by molar-refractivity contribution is 4.88. The smallest absolute Gasteiger partial charge is 0.0124 e. The van der Waals surface area contributed by atoms with E-state index in [2.05, 4.69) is 19.2 Å². The van der Waals surface area contributed by atoms with Crippen LogP contribution < -0.4 is 5.32 Å². The highest BCUT2D eigenvalue weighted by Crippen LogP contribution is 2.38. The van der Waals surface area contributed by atoms with Gasteiger partial charge in [0.05, 0.1) is 0 Å². The zero-order valence-electron chi connectivity index (χ0n) is 14.0. The lowest BCUT2D eigenvalue weighted by Gasteiger charge is -2.40. The first kappa shape index (κ1) is 16.3. The van der Waals surface area contributed by atoms with Crippen molar-refractivity contribution in [3.63, 3.8) is 0 Å². The van der Waals surface area contributed by atoms with Crippen LogP contribution in [0.5, 0.6) is 0 Å². The zero-order valence-corrected chi connectivity index (χ0v) is 14.0. The van der Waals surface area contributed by atoms with E-state index in [4.69, 9.17) is 0 Å². The number of hydrogen-bond donors (Lipinski definition) is 1. The summed E-state index contributed by atoms with van der Waals surface area (Å²) in [5.41, 5.74) is 0. The molecule has 2 saturated carbocycles. The van der Waals surface area contributed by atoms with Crippen LogP contribution >= 0.6 is 0 Å². The van der Waals surface area contributed by atoms with Crippen LogP contribution in [0.2, 0.25) is 0 Å². The van der Waals surface area contributed by atoms with E-state index in [1.54, 1.807) is 0 Å². The summed E-state index contributed by atoms with van der Waals surface area (Å²) in [6.45, 7) is 5.89. The predicted molar refractivity (Wildman–Crippen MR) is 89.0 cm³/mol. The molecule has 2 aliphatic rings. The molecule has 1 unspecified atom stereocenters. The number of rotatable bonds is 7. The standard InChI is InChI=1S/C19H37N/c1-3-8-16-11-13-18(14-12-16)19(20-15-4-2)17-9-6-5-7-10-17/h16-20H,3-15H2,1-2H3. The van der Waals surface area contributed by atoms with E-state index in [0.717, 1.165) is 23.8 Å². The largest absolute Gasteiger partial charge is 0.313 e. The van der Waals surface area contributed by atoms with Gasteiger partial charge in [-0.05, 0) is 56.4 Å². The van der Waals surface area contributed by atoms with Crippen molar-refractivity contribution in [2.75, 3.05) is 6.54 Å². The van der Waals surface area contributed by atoms with Gasteiger partial charge >= 0.3 is 0 Å². The van der Waals surface area contributed by atoms with Crippen molar-refractivity contribution >= 4 is 0 Å². The summed E-state index contributed by atoms with van der Waals surface area (Å²) in [6, 6.07) is 0.845. The normalized spacial score (nSPS) is 30.3. The zero-order chi connectivity index (χ0) is 14.2. The summed E-state index contributed by atoms with van der Waals surface area (Å²) >= 11 is 0. The van der Waals surface area contributed by atoms with E-state index < -0.39 is 0 Å². The maximum absolute atomic E-state index is 3.96. The van der Waals surface area contributed by atoms with Crippen LogP contribution in [-0.2, 0) is 0 Å². The van der Waals surface area contributed by atoms with Gasteiger partial charge in [-0.25, -0.2) is 0 Å². The Balaban J connectivity index is 1.86. The molecular weight excluding hydrogens is 242 g/mol. The van der Waals surface area contributed by atoms with Crippen LogP contribution in [0.3, 0.4) is 0 Å². The summed E-state index contributed by atoms with van der Waals surface area (Å²) in [5, 5.41) is 3.96. The summed E-state index contributed by atoms with van der Waals surface area (Å²) in [6.07, 6.45) is 17.6. The monoisotopic (exact) mass is 279 g/mol. The quantitative estimate of drug-likeness (QED) is 0.645. The molecule has 20 heavy (non-hydrogen) atoms. The molecular formula is C19H37N. The minimum atomic E-state index is 0.845. The fourth-order valence-electron chi connectivity index (χ4n) is 4.77. The van der Waals surface area contributed by atoms with E-state index in [0.29, 0.717) is 0 Å². The van der Waals surface area contributed by atoms with Crippen molar-refractivity contribution in [1.82, 2.24) is 5.32 Å². The molecule has 2 rings (SSSR count). The second kappa shape index (κ2) is 9.07. The Morgan fingerprint density at radius 2 is 1.45 bits per heavy atom. The third-order valence-electron chi connectivity index (χ3n) is 5.88. The maximum atomic E-state index is 3.96. The molecule has 1 N–H and O–H groups in total. The lowest BCUT2D eigenvalue weighted by Crippen LogP contribution is -2.44. The van der Waals surface area contributed by atoms with Crippen LogP contribution in [0.25, 0.3) is 0 Å². The van der Waals surface area contributed by atoms with Crippen molar-refractivity contribution in [3.05, 3.63) is 0 Å². The van der Waals surface area contributed by atoms with Gasteiger partial charge in [-0.2, -0.15) is 0 Å². The van der Waals surface area contributed by atoms with E-state index in [1.165, 1.54) is 83.6 Å². The van der Waals surface area contributed by atoms with Crippen LogP contribution in [0.15, 0.2) is 0 Å². The number of nitrogens with one attached hydrogen (secondary N) is 1. The molecule has 0 aromatic carbocycles. The molecule has 0 saturated heterocycles. The minimum Gasteiger partial charge on any atom is -0.313 e. The third-order valence-corrected chi connectivity index (χ3v) is 5.88. The number of hydrogen-bond acceptors (Lipinski definition) is 1. The molecule has 2 aliphatic carbocycles. The average molecular weight is 280 g/mol. The van der Waals surface area contributed by atoms with E-state index in [1.807, 2.05) is 0 Å². The van der Waals surface area contributed by atoms with Gasteiger partial charge in [-0.1, -0.05) is 58.8 Å².